The van der Waals surface area contributed by atoms with Crippen LogP contribution in [0.25, 0.3) is 0 Å². The van der Waals surface area contributed by atoms with Gasteiger partial charge in [0.1, 0.15) is 0 Å². The number of aliphatic hydroxyl groups is 1. The Labute approximate surface area is 93.0 Å². The van der Waals surface area contributed by atoms with Gasteiger partial charge < -0.3 is 9.84 Å². The quantitative estimate of drug-likeness (QED) is 0.724. The number of hydrogen-bond acceptors (Lipinski definition) is 2. The molecule has 1 saturated heterocycles. The summed E-state index contributed by atoms with van der Waals surface area (Å²) < 4.78 is 5.34. The van der Waals surface area contributed by atoms with Crippen molar-refractivity contribution >= 4 is 0 Å². The average Bonchev–Trinajstić information content (AvgIpc) is 2.23. The molecule has 0 aromatic rings. The summed E-state index contributed by atoms with van der Waals surface area (Å²) in [6.07, 6.45) is 5.40. The van der Waals surface area contributed by atoms with E-state index in [0.717, 1.165) is 37.9 Å². The van der Waals surface area contributed by atoms with Crippen molar-refractivity contribution in [3.05, 3.63) is 0 Å². The number of hydrogen-bond donors (Lipinski definition) is 1. The first kappa shape index (κ1) is 11.4. The Hall–Kier alpha value is -0.0800. The molecule has 2 aliphatic rings. The lowest BCUT2D eigenvalue weighted by atomic mass is 9.67. The maximum atomic E-state index is 10.6. The monoisotopic (exact) mass is 212 g/mol. The Bertz CT molecular complexity index is 209. The minimum absolute atomic E-state index is 0.410. The lowest BCUT2D eigenvalue weighted by Crippen LogP contribution is -2.45. The van der Waals surface area contributed by atoms with E-state index in [2.05, 4.69) is 13.8 Å². The highest BCUT2D eigenvalue weighted by molar-refractivity contribution is 4.92. The van der Waals surface area contributed by atoms with Crippen LogP contribution in [0.3, 0.4) is 0 Å². The maximum absolute atomic E-state index is 10.6. The highest BCUT2D eigenvalue weighted by atomic mass is 16.5. The topological polar surface area (TPSA) is 29.5 Å². The molecule has 2 rings (SSSR count). The van der Waals surface area contributed by atoms with E-state index < -0.39 is 5.60 Å². The van der Waals surface area contributed by atoms with E-state index >= 15 is 0 Å². The van der Waals surface area contributed by atoms with Gasteiger partial charge in [0.05, 0.1) is 5.60 Å². The van der Waals surface area contributed by atoms with Crippen LogP contribution < -0.4 is 0 Å². The predicted molar refractivity (Wildman–Crippen MR) is 60.7 cm³/mol. The molecule has 2 nitrogen and oxygen atoms in total. The SMILES string of the molecule is CC1CCC(C2(O)CCOCC2)CC1C. The van der Waals surface area contributed by atoms with Gasteiger partial charge in [0.2, 0.25) is 0 Å². The second kappa shape index (κ2) is 4.42. The van der Waals surface area contributed by atoms with Crippen molar-refractivity contribution in [2.24, 2.45) is 17.8 Å². The minimum Gasteiger partial charge on any atom is -0.389 e. The van der Waals surface area contributed by atoms with Crippen LogP contribution in [0.5, 0.6) is 0 Å². The van der Waals surface area contributed by atoms with E-state index in [0.29, 0.717) is 5.92 Å². The van der Waals surface area contributed by atoms with Gasteiger partial charge in [-0.1, -0.05) is 20.3 Å². The molecule has 0 aromatic carbocycles. The molecule has 2 fully saturated rings. The van der Waals surface area contributed by atoms with E-state index in [1.54, 1.807) is 0 Å². The molecule has 1 aliphatic carbocycles. The normalized spacial score (nSPS) is 41.4. The third kappa shape index (κ3) is 2.36. The van der Waals surface area contributed by atoms with E-state index in [-0.39, 0.29) is 0 Å². The van der Waals surface area contributed by atoms with Crippen molar-refractivity contribution in [1.29, 1.82) is 0 Å². The molecule has 1 N–H and O–H groups in total. The van der Waals surface area contributed by atoms with Gasteiger partial charge in [-0.3, -0.25) is 0 Å². The molecule has 0 aromatic heterocycles. The van der Waals surface area contributed by atoms with Crippen molar-refractivity contribution in [3.63, 3.8) is 0 Å². The zero-order valence-electron chi connectivity index (χ0n) is 10.0. The highest BCUT2D eigenvalue weighted by Gasteiger charge is 2.41. The number of rotatable bonds is 1. The van der Waals surface area contributed by atoms with Gasteiger partial charge in [0.15, 0.2) is 0 Å². The second-order valence-corrected chi connectivity index (χ2v) is 5.68. The fourth-order valence-electron chi connectivity index (χ4n) is 3.17. The lowest BCUT2D eigenvalue weighted by molar-refractivity contribution is -0.114. The van der Waals surface area contributed by atoms with Crippen molar-refractivity contribution in [1.82, 2.24) is 0 Å². The third-order valence-electron chi connectivity index (χ3n) is 4.72. The molecule has 3 unspecified atom stereocenters. The summed E-state index contributed by atoms with van der Waals surface area (Å²) in [6.45, 7) is 6.17. The molecule has 1 aliphatic heterocycles. The summed E-state index contributed by atoms with van der Waals surface area (Å²) >= 11 is 0. The van der Waals surface area contributed by atoms with Gasteiger partial charge in [-0.25, -0.2) is 0 Å². The van der Waals surface area contributed by atoms with Crippen molar-refractivity contribution in [2.75, 3.05) is 13.2 Å². The number of ether oxygens (including phenoxy) is 1. The van der Waals surface area contributed by atoms with Gasteiger partial charge in [0.25, 0.3) is 0 Å². The molecule has 15 heavy (non-hydrogen) atoms. The van der Waals surface area contributed by atoms with Crippen molar-refractivity contribution < 1.29 is 9.84 Å². The second-order valence-electron chi connectivity index (χ2n) is 5.68. The summed E-state index contributed by atoms with van der Waals surface area (Å²) in [5.41, 5.74) is -0.410. The van der Waals surface area contributed by atoms with Gasteiger partial charge in [-0.15, -0.1) is 0 Å². The van der Waals surface area contributed by atoms with E-state index in [1.807, 2.05) is 0 Å². The zero-order valence-corrected chi connectivity index (χ0v) is 10.0. The molecule has 1 saturated carbocycles. The first-order valence-electron chi connectivity index (χ1n) is 6.42. The zero-order chi connectivity index (χ0) is 10.9. The fraction of sp³-hybridized carbons (Fsp3) is 1.00. The van der Waals surface area contributed by atoms with Gasteiger partial charge in [-0.2, -0.15) is 0 Å². The van der Waals surface area contributed by atoms with Crippen LogP contribution >= 0.6 is 0 Å². The minimum atomic E-state index is -0.410. The van der Waals surface area contributed by atoms with Crippen LogP contribution in [0.4, 0.5) is 0 Å². The largest absolute Gasteiger partial charge is 0.389 e. The molecule has 3 atom stereocenters. The maximum Gasteiger partial charge on any atom is 0.0719 e. The molecule has 2 heteroatoms. The van der Waals surface area contributed by atoms with Crippen LogP contribution in [0, 0.1) is 17.8 Å². The smallest absolute Gasteiger partial charge is 0.0719 e. The molecular formula is C13H24O2. The molecule has 0 amide bonds. The fourth-order valence-corrected chi connectivity index (χ4v) is 3.17. The van der Waals surface area contributed by atoms with Crippen LogP contribution in [-0.2, 0) is 4.74 Å². The molecular weight excluding hydrogens is 188 g/mol. The van der Waals surface area contributed by atoms with Crippen molar-refractivity contribution in [2.45, 2.75) is 51.6 Å². The van der Waals surface area contributed by atoms with Crippen LogP contribution in [0.2, 0.25) is 0 Å². The van der Waals surface area contributed by atoms with Gasteiger partial charge in [0, 0.05) is 13.2 Å². The Morgan fingerprint density at radius 1 is 1.07 bits per heavy atom. The molecule has 0 radical (unpaired) electrons. The molecule has 88 valence electrons. The Morgan fingerprint density at radius 3 is 2.33 bits per heavy atom. The summed E-state index contributed by atoms with van der Waals surface area (Å²) in [5.74, 6) is 2.13. The standard InChI is InChI=1S/C13H24O2/c1-10-3-4-12(9-11(10)2)13(14)5-7-15-8-6-13/h10-12,14H,3-9H2,1-2H3. The van der Waals surface area contributed by atoms with Gasteiger partial charge >= 0.3 is 0 Å². The first-order chi connectivity index (χ1) is 7.12. The summed E-state index contributed by atoms with van der Waals surface area (Å²) in [4.78, 5) is 0. The summed E-state index contributed by atoms with van der Waals surface area (Å²) in [7, 11) is 0. The lowest BCUT2D eigenvalue weighted by Gasteiger charge is -2.44. The van der Waals surface area contributed by atoms with Crippen LogP contribution in [0.15, 0.2) is 0 Å². The first-order valence-corrected chi connectivity index (χ1v) is 6.42. The Kier molecular flexibility index (Phi) is 3.36. The summed E-state index contributed by atoms with van der Waals surface area (Å²) in [5, 5.41) is 10.6. The molecule has 0 bridgehead atoms. The van der Waals surface area contributed by atoms with E-state index in [4.69, 9.17) is 4.74 Å². The van der Waals surface area contributed by atoms with Crippen LogP contribution in [0.1, 0.15) is 46.0 Å². The molecule has 1 heterocycles. The Balaban J connectivity index is 1.97. The van der Waals surface area contributed by atoms with E-state index in [1.165, 1.54) is 19.3 Å². The average molecular weight is 212 g/mol. The van der Waals surface area contributed by atoms with Crippen LogP contribution in [-0.4, -0.2) is 23.9 Å². The highest BCUT2D eigenvalue weighted by Crippen LogP contribution is 2.42. The predicted octanol–water partition coefficient (Wildman–Crippen LogP) is 2.60. The Morgan fingerprint density at radius 2 is 1.73 bits per heavy atom. The van der Waals surface area contributed by atoms with Gasteiger partial charge in [-0.05, 0) is 43.4 Å². The third-order valence-corrected chi connectivity index (χ3v) is 4.72. The van der Waals surface area contributed by atoms with Crippen molar-refractivity contribution in [3.8, 4) is 0 Å². The summed E-state index contributed by atoms with van der Waals surface area (Å²) in [6, 6.07) is 0. The van der Waals surface area contributed by atoms with E-state index in [9.17, 15) is 5.11 Å². The molecule has 0 spiro atoms.